The number of piperidine rings is 2. The molecule has 0 N–H and O–H groups in total. The van der Waals surface area contributed by atoms with Crippen LogP contribution in [0.5, 0.6) is 0 Å². The van der Waals surface area contributed by atoms with Gasteiger partial charge in [-0.3, -0.25) is 4.79 Å². The number of nitrogens with zero attached hydrogens (tertiary/aromatic N) is 3. The highest BCUT2D eigenvalue weighted by atomic mass is 79.9. The van der Waals surface area contributed by atoms with Crippen LogP contribution in [0.2, 0.25) is 0 Å². The van der Waals surface area contributed by atoms with E-state index in [2.05, 4.69) is 89.0 Å². The Labute approximate surface area is 208 Å². The largest absolute Gasteiger partial charge is 0.343 e. The van der Waals surface area contributed by atoms with Crippen LogP contribution in [-0.4, -0.2) is 54.5 Å². The molecule has 1 amide bonds. The number of hydrogen-bond donors (Lipinski definition) is 0. The van der Waals surface area contributed by atoms with Crippen molar-refractivity contribution in [2.75, 3.05) is 37.6 Å². The summed E-state index contributed by atoms with van der Waals surface area (Å²) < 4.78 is 2.28. The smallest absolute Gasteiger partial charge is 0.222 e. The second-order valence-electron chi connectivity index (χ2n) is 9.36. The molecule has 5 rings (SSSR count). The molecule has 170 valence electrons. The second-order valence-corrected chi connectivity index (χ2v) is 11.2. The highest BCUT2D eigenvalue weighted by Gasteiger charge is 2.42. The minimum atomic E-state index is 0.359. The van der Waals surface area contributed by atoms with Crippen molar-refractivity contribution in [2.24, 2.45) is 0 Å². The number of hydrogen-bond acceptors (Lipinski definition) is 3. The van der Waals surface area contributed by atoms with E-state index in [1.807, 2.05) is 0 Å². The third-order valence-electron chi connectivity index (χ3n) is 7.32. The van der Waals surface area contributed by atoms with Crippen LogP contribution in [0.25, 0.3) is 0 Å². The summed E-state index contributed by atoms with van der Waals surface area (Å²) in [6.45, 7) is 5.29. The Morgan fingerprint density at radius 3 is 2.50 bits per heavy atom. The fraction of sp³-hybridized carbons (Fsp3) is 0.500. The summed E-state index contributed by atoms with van der Waals surface area (Å²) >= 11 is 7.28. The van der Waals surface area contributed by atoms with Crippen molar-refractivity contribution in [2.45, 2.75) is 50.5 Å². The van der Waals surface area contributed by atoms with Gasteiger partial charge in [-0.25, -0.2) is 0 Å². The summed E-state index contributed by atoms with van der Waals surface area (Å²) in [5.74, 6) is 0.891. The Bertz CT molecular complexity index is 964. The molecule has 0 spiro atoms. The molecule has 0 bridgehead atoms. The summed E-state index contributed by atoms with van der Waals surface area (Å²) in [7, 11) is 0. The van der Waals surface area contributed by atoms with Crippen molar-refractivity contribution in [3.8, 4) is 0 Å². The number of carbonyl (C=O) groups excluding carboxylic acids is 1. The van der Waals surface area contributed by atoms with Crippen molar-refractivity contribution >= 4 is 49.1 Å². The predicted molar refractivity (Wildman–Crippen MR) is 138 cm³/mol. The van der Waals surface area contributed by atoms with Crippen molar-refractivity contribution in [1.82, 2.24) is 9.80 Å². The van der Waals surface area contributed by atoms with Gasteiger partial charge in [-0.2, -0.15) is 0 Å². The first kappa shape index (κ1) is 22.4. The van der Waals surface area contributed by atoms with E-state index in [1.165, 1.54) is 36.2 Å². The highest BCUT2D eigenvalue weighted by molar-refractivity contribution is 9.10. The van der Waals surface area contributed by atoms with Crippen molar-refractivity contribution in [3.63, 3.8) is 0 Å². The Kier molecular flexibility index (Phi) is 6.91. The minimum Gasteiger partial charge on any atom is -0.343 e. The zero-order chi connectivity index (χ0) is 22.1. The third-order valence-corrected chi connectivity index (χ3v) is 8.34. The van der Waals surface area contributed by atoms with Gasteiger partial charge >= 0.3 is 0 Å². The molecular weight excluding hydrogens is 530 g/mol. The summed E-state index contributed by atoms with van der Waals surface area (Å²) in [6.07, 6.45) is 6.45. The van der Waals surface area contributed by atoms with E-state index in [0.29, 0.717) is 17.9 Å². The predicted octanol–water partition coefficient (Wildman–Crippen LogP) is 6.31. The van der Waals surface area contributed by atoms with E-state index in [-0.39, 0.29) is 0 Å². The maximum absolute atomic E-state index is 12.0. The first-order chi connectivity index (χ1) is 15.6. The van der Waals surface area contributed by atoms with Gasteiger partial charge in [0, 0.05) is 64.9 Å². The number of carbonyl (C=O) groups is 1. The van der Waals surface area contributed by atoms with Crippen molar-refractivity contribution in [3.05, 3.63) is 57.0 Å². The highest BCUT2D eigenvalue weighted by Crippen LogP contribution is 2.49. The first-order valence-electron chi connectivity index (χ1n) is 11.9. The van der Waals surface area contributed by atoms with Gasteiger partial charge in [-0.1, -0.05) is 31.9 Å². The zero-order valence-electron chi connectivity index (χ0n) is 18.5. The maximum Gasteiger partial charge on any atom is 0.222 e. The molecule has 0 saturated carbocycles. The van der Waals surface area contributed by atoms with E-state index >= 15 is 0 Å². The molecule has 2 fully saturated rings. The molecule has 3 heterocycles. The lowest BCUT2D eigenvalue weighted by molar-refractivity contribution is -0.133. The molecular formula is C26H31Br2N3O. The number of fused-ring (bicyclic) bond motifs is 3. The molecule has 0 aromatic heterocycles. The molecule has 0 unspecified atom stereocenters. The summed E-state index contributed by atoms with van der Waals surface area (Å²) in [6, 6.07) is 16.0. The lowest BCUT2D eigenvalue weighted by Crippen LogP contribution is -2.45. The fourth-order valence-corrected chi connectivity index (χ4v) is 6.36. The first-order valence-corrected chi connectivity index (χ1v) is 13.5. The Morgan fingerprint density at radius 2 is 1.69 bits per heavy atom. The number of halogens is 2. The molecule has 32 heavy (non-hydrogen) atoms. The number of unbranched alkanes of at least 4 members (excludes halogenated alkanes) is 1. The van der Waals surface area contributed by atoms with Crippen LogP contribution in [0.3, 0.4) is 0 Å². The van der Waals surface area contributed by atoms with Crippen molar-refractivity contribution < 1.29 is 4.79 Å². The van der Waals surface area contributed by atoms with Crippen LogP contribution in [0.15, 0.2) is 51.4 Å². The molecule has 2 saturated heterocycles. The fourth-order valence-electron chi connectivity index (χ4n) is 5.71. The van der Waals surface area contributed by atoms with E-state index in [4.69, 9.17) is 0 Å². The van der Waals surface area contributed by atoms with Crippen LogP contribution < -0.4 is 4.90 Å². The zero-order valence-corrected chi connectivity index (χ0v) is 21.7. The lowest BCUT2D eigenvalue weighted by atomic mass is 9.89. The average molecular weight is 561 g/mol. The summed E-state index contributed by atoms with van der Waals surface area (Å²) in [5, 5.41) is 0. The summed E-state index contributed by atoms with van der Waals surface area (Å²) in [5.41, 5.74) is 4.11. The van der Waals surface area contributed by atoms with E-state index in [1.54, 1.807) is 0 Å². The quantitative estimate of drug-likeness (QED) is 0.387. The summed E-state index contributed by atoms with van der Waals surface area (Å²) in [4.78, 5) is 19.3. The Hall–Kier alpha value is -1.37. The van der Waals surface area contributed by atoms with Gasteiger partial charge in [-0.05, 0) is 86.7 Å². The van der Waals surface area contributed by atoms with E-state index in [0.717, 1.165) is 60.9 Å². The second kappa shape index (κ2) is 9.86. The molecule has 2 aromatic rings. The van der Waals surface area contributed by atoms with Gasteiger partial charge in [0.25, 0.3) is 0 Å². The van der Waals surface area contributed by atoms with Crippen LogP contribution in [0.4, 0.5) is 11.4 Å². The number of likely N-dealkylation sites (tertiary alicyclic amines) is 2. The minimum absolute atomic E-state index is 0.359. The van der Waals surface area contributed by atoms with Gasteiger partial charge < -0.3 is 14.7 Å². The van der Waals surface area contributed by atoms with Gasteiger partial charge in [0.15, 0.2) is 0 Å². The molecule has 0 radical (unpaired) electrons. The van der Waals surface area contributed by atoms with Crippen LogP contribution in [0.1, 0.15) is 50.0 Å². The topological polar surface area (TPSA) is 26.8 Å². The molecule has 2 atom stereocenters. The van der Waals surface area contributed by atoms with Gasteiger partial charge in [0.2, 0.25) is 5.91 Å². The lowest BCUT2D eigenvalue weighted by Gasteiger charge is -2.39. The van der Waals surface area contributed by atoms with Crippen LogP contribution in [-0.2, 0) is 4.79 Å². The van der Waals surface area contributed by atoms with E-state index < -0.39 is 0 Å². The molecule has 2 aromatic carbocycles. The van der Waals surface area contributed by atoms with Crippen LogP contribution in [0, 0.1) is 0 Å². The maximum atomic E-state index is 12.0. The average Bonchev–Trinajstić information content (AvgIpc) is 3.11. The van der Waals surface area contributed by atoms with Crippen LogP contribution >= 0.6 is 31.9 Å². The Balaban J connectivity index is 1.24. The number of rotatable bonds is 6. The molecule has 3 aliphatic rings. The van der Waals surface area contributed by atoms with Gasteiger partial charge in [-0.15, -0.1) is 0 Å². The number of benzene rings is 2. The van der Waals surface area contributed by atoms with Gasteiger partial charge in [0.05, 0.1) is 0 Å². The normalized spacial score (nSPS) is 23.4. The Morgan fingerprint density at radius 1 is 0.906 bits per heavy atom. The molecule has 3 aliphatic heterocycles. The standard InChI is InChI=1S/C26H31Br2N3O/c27-19-6-9-21(10-7-19)31-24-11-8-20(28)17-22(24)23-18-29(16-12-25(23)31)13-3-4-15-30-14-2-1-5-26(30)32/h6-11,17,23,25H,1-5,12-16,18H2/t23-,25+/m0/s1. The molecule has 6 heteroatoms. The van der Waals surface area contributed by atoms with E-state index in [9.17, 15) is 4.79 Å². The molecule has 0 aliphatic carbocycles. The number of amides is 1. The van der Waals surface area contributed by atoms with Gasteiger partial charge in [0.1, 0.15) is 0 Å². The molecule has 4 nitrogen and oxygen atoms in total. The van der Waals surface area contributed by atoms with Crippen molar-refractivity contribution in [1.29, 1.82) is 0 Å². The monoisotopic (exact) mass is 559 g/mol. The SMILES string of the molecule is O=C1CCCCN1CCCCN1CC[C@@H]2[C@@H](C1)c1cc(Br)ccc1N2c1ccc(Br)cc1. The third kappa shape index (κ3) is 4.64. The number of anilines is 2.